The summed E-state index contributed by atoms with van der Waals surface area (Å²) < 4.78 is 14.0. The zero-order valence-corrected chi connectivity index (χ0v) is 12.1. The predicted molar refractivity (Wildman–Crippen MR) is 73.8 cm³/mol. The van der Waals surface area contributed by atoms with Gasteiger partial charge in [-0.25, -0.2) is 14.4 Å². The van der Waals surface area contributed by atoms with Crippen LogP contribution < -0.4 is 5.32 Å². The zero-order valence-electron chi connectivity index (χ0n) is 9.75. The third-order valence-electron chi connectivity index (χ3n) is 2.26. The molecule has 0 aliphatic rings. The van der Waals surface area contributed by atoms with Gasteiger partial charge in [0.1, 0.15) is 11.6 Å². The highest BCUT2D eigenvalue weighted by Gasteiger charge is 2.14. The van der Waals surface area contributed by atoms with Crippen molar-refractivity contribution in [3.63, 3.8) is 0 Å². The lowest BCUT2D eigenvalue weighted by molar-refractivity contribution is 0.102. The number of benzene rings is 1. The predicted octanol–water partition coefficient (Wildman–Crippen LogP) is 3.59. The minimum atomic E-state index is -0.628. The van der Waals surface area contributed by atoms with Gasteiger partial charge in [-0.15, -0.1) is 0 Å². The number of aryl methyl sites for hydroxylation is 1. The maximum atomic E-state index is 13.7. The molecule has 0 unspecified atom stereocenters. The van der Waals surface area contributed by atoms with Gasteiger partial charge < -0.3 is 5.32 Å². The number of aromatic nitrogens is 2. The average Bonchev–Trinajstić information content (AvgIpc) is 2.31. The van der Waals surface area contributed by atoms with Gasteiger partial charge in [0.2, 0.25) is 5.28 Å². The van der Waals surface area contributed by atoms with Crippen LogP contribution in [0.3, 0.4) is 0 Å². The number of nitrogens with one attached hydrogen (secondary N) is 1. The molecule has 0 atom stereocenters. The first-order chi connectivity index (χ1) is 8.97. The van der Waals surface area contributed by atoms with E-state index >= 15 is 0 Å². The Balaban J connectivity index is 2.28. The van der Waals surface area contributed by atoms with E-state index in [0.29, 0.717) is 5.69 Å². The number of carbonyl (C=O) groups is 1. The number of nitrogens with zero attached hydrogens (tertiary/aromatic N) is 2. The van der Waals surface area contributed by atoms with E-state index < -0.39 is 11.7 Å². The largest absolute Gasteiger partial charge is 0.306 e. The molecular weight excluding hydrogens is 337 g/mol. The Kier molecular flexibility index (Phi) is 4.11. The van der Waals surface area contributed by atoms with Gasteiger partial charge in [0.25, 0.3) is 5.91 Å². The number of rotatable bonds is 2. The van der Waals surface area contributed by atoms with Crippen molar-refractivity contribution in [3.05, 3.63) is 51.1 Å². The number of hydrogen-bond acceptors (Lipinski definition) is 3. The van der Waals surface area contributed by atoms with Gasteiger partial charge in [-0.05, 0) is 46.6 Å². The fraction of sp³-hybridized carbons (Fsp3) is 0.0833. The fourth-order valence-corrected chi connectivity index (χ4v) is 2.05. The van der Waals surface area contributed by atoms with E-state index in [4.69, 9.17) is 11.6 Å². The summed E-state index contributed by atoms with van der Waals surface area (Å²) in [4.78, 5) is 19.6. The Bertz CT molecular complexity index is 631. The van der Waals surface area contributed by atoms with Crippen LogP contribution in [0.1, 0.15) is 16.1 Å². The van der Waals surface area contributed by atoms with E-state index in [0.717, 1.165) is 0 Å². The molecule has 1 amide bonds. The summed E-state index contributed by atoms with van der Waals surface area (Å²) in [5.41, 5.74) is 0.520. The third-order valence-corrected chi connectivity index (χ3v) is 3.05. The molecule has 1 aromatic carbocycles. The Morgan fingerprint density at radius 2 is 2.16 bits per heavy atom. The van der Waals surface area contributed by atoms with Gasteiger partial charge in [0.15, 0.2) is 0 Å². The van der Waals surface area contributed by atoms with Gasteiger partial charge >= 0.3 is 0 Å². The van der Waals surface area contributed by atoms with Gasteiger partial charge in [-0.1, -0.05) is 6.07 Å². The van der Waals surface area contributed by atoms with Crippen molar-refractivity contribution in [2.24, 2.45) is 0 Å². The van der Waals surface area contributed by atoms with Gasteiger partial charge in [-0.2, -0.15) is 0 Å². The molecule has 0 spiro atoms. The topological polar surface area (TPSA) is 54.9 Å². The normalized spacial score (nSPS) is 10.3. The smallest absolute Gasteiger partial charge is 0.259 e. The quantitative estimate of drug-likeness (QED) is 0.847. The second-order valence-electron chi connectivity index (χ2n) is 3.72. The standard InChI is InChI=1S/C12H8BrClFN3O/c1-6-5-9(18-12(14)16-6)17-11(19)7-3-2-4-8(13)10(7)15/h2-5H,1H3,(H,16,17,18,19). The minimum absolute atomic E-state index is 0.0185. The Morgan fingerprint density at radius 1 is 1.42 bits per heavy atom. The molecule has 0 aliphatic heterocycles. The maximum absolute atomic E-state index is 13.7. The highest BCUT2D eigenvalue weighted by Crippen LogP contribution is 2.19. The summed E-state index contributed by atoms with van der Waals surface area (Å²) in [6.45, 7) is 1.71. The molecule has 0 bridgehead atoms. The molecule has 0 radical (unpaired) electrons. The number of hydrogen-bond donors (Lipinski definition) is 1. The van der Waals surface area contributed by atoms with Crippen molar-refractivity contribution < 1.29 is 9.18 Å². The lowest BCUT2D eigenvalue weighted by Gasteiger charge is -2.07. The molecule has 2 aromatic rings. The Morgan fingerprint density at radius 3 is 2.84 bits per heavy atom. The number of halogens is 3. The van der Waals surface area contributed by atoms with Gasteiger partial charge in [0.05, 0.1) is 10.0 Å². The molecule has 2 rings (SSSR count). The summed E-state index contributed by atoms with van der Waals surface area (Å²) in [5.74, 6) is -1.01. The Hall–Kier alpha value is -1.53. The van der Waals surface area contributed by atoms with Crippen LogP contribution in [0.15, 0.2) is 28.7 Å². The SMILES string of the molecule is Cc1cc(NC(=O)c2cccc(Br)c2F)nc(Cl)n1. The molecule has 1 aromatic heterocycles. The van der Waals surface area contributed by atoms with Crippen LogP contribution in [0.2, 0.25) is 5.28 Å². The molecule has 19 heavy (non-hydrogen) atoms. The summed E-state index contributed by atoms with van der Waals surface area (Å²) in [6, 6.07) is 6.00. The second kappa shape index (κ2) is 5.63. The van der Waals surface area contributed by atoms with E-state index in [1.807, 2.05) is 0 Å². The van der Waals surface area contributed by atoms with Crippen molar-refractivity contribution in [2.75, 3.05) is 5.32 Å². The summed E-state index contributed by atoms with van der Waals surface area (Å²) >= 11 is 8.70. The van der Waals surface area contributed by atoms with Crippen LogP contribution in [0.25, 0.3) is 0 Å². The van der Waals surface area contributed by atoms with E-state index in [2.05, 4.69) is 31.2 Å². The second-order valence-corrected chi connectivity index (χ2v) is 4.91. The summed E-state index contributed by atoms with van der Waals surface area (Å²) in [7, 11) is 0. The van der Waals surface area contributed by atoms with Crippen LogP contribution in [0.4, 0.5) is 10.2 Å². The molecule has 0 saturated carbocycles. The van der Waals surface area contributed by atoms with Crippen molar-refractivity contribution in [1.29, 1.82) is 0 Å². The third kappa shape index (κ3) is 3.27. The van der Waals surface area contributed by atoms with E-state index in [9.17, 15) is 9.18 Å². The highest BCUT2D eigenvalue weighted by atomic mass is 79.9. The zero-order chi connectivity index (χ0) is 14.0. The lowest BCUT2D eigenvalue weighted by Crippen LogP contribution is -2.15. The first-order valence-corrected chi connectivity index (χ1v) is 6.41. The van der Waals surface area contributed by atoms with Crippen molar-refractivity contribution >= 4 is 39.3 Å². The van der Waals surface area contributed by atoms with E-state index in [-0.39, 0.29) is 21.1 Å². The molecular formula is C12H8BrClFN3O. The van der Waals surface area contributed by atoms with Crippen molar-refractivity contribution in [1.82, 2.24) is 9.97 Å². The van der Waals surface area contributed by atoms with Gasteiger partial charge in [0, 0.05) is 11.8 Å². The Labute approximate surface area is 122 Å². The van der Waals surface area contributed by atoms with Crippen LogP contribution in [0, 0.1) is 12.7 Å². The van der Waals surface area contributed by atoms with Crippen molar-refractivity contribution in [3.8, 4) is 0 Å². The van der Waals surface area contributed by atoms with Crippen LogP contribution in [-0.4, -0.2) is 15.9 Å². The molecule has 4 nitrogen and oxygen atoms in total. The number of carbonyl (C=O) groups excluding carboxylic acids is 1. The molecule has 0 fully saturated rings. The first-order valence-electron chi connectivity index (χ1n) is 5.24. The fourth-order valence-electron chi connectivity index (χ4n) is 1.46. The van der Waals surface area contributed by atoms with Crippen LogP contribution in [-0.2, 0) is 0 Å². The summed E-state index contributed by atoms with van der Waals surface area (Å²) in [6.07, 6.45) is 0. The monoisotopic (exact) mass is 343 g/mol. The lowest BCUT2D eigenvalue weighted by atomic mass is 10.2. The van der Waals surface area contributed by atoms with E-state index in [1.54, 1.807) is 19.1 Å². The van der Waals surface area contributed by atoms with Crippen molar-refractivity contribution in [2.45, 2.75) is 6.92 Å². The van der Waals surface area contributed by atoms with Crippen LogP contribution >= 0.6 is 27.5 Å². The first kappa shape index (κ1) is 13.9. The van der Waals surface area contributed by atoms with E-state index in [1.165, 1.54) is 12.1 Å². The summed E-state index contributed by atoms with van der Waals surface area (Å²) in [5, 5.41) is 2.49. The molecule has 1 N–H and O–H groups in total. The van der Waals surface area contributed by atoms with Gasteiger partial charge in [-0.3, -0.25) is 4.79 Å². The maximum Gasteiger partial charge on any atom is 0.259 e. The molecule has 1 heterocycles. The highest BCUT2D eigenvalue weighted by molar-refractivity contribution is 9.10. The molecule has 7 heteroatoms. The number of amides is 1. The minimum Gasteiger partial charge on any atom is -0.306 e. The number of anilines is 1. The van der Waals surface area contributed by atoms with Crippen LogP contribution in [0.5, 0.6) is 0 Å². The molecule has 0 saturated heterocycles. The molecule has 0 aliphatic carbocycles. The molecule has 98 valence electrons. The average molecular weight is 345 g/mol.